The lowest BCUT2D eigenvalue weighted by Crippen LogP contribution is -2.15. The second-order valence-corrected chi connectivity index (χ2v) is 4.93. The van der Waals surface area contributed by atoms with Crippen LogP contribution in [0.25, 0.3) is 0 Å². The van der Waals surface area contributed by atoms with Crippen LogP contribution in [0.15, 0.2) is 54.6 Å². The van der Waals surface area contributed by atoms with Gasteiger partial charge in [-0.3, -0.25) is 9.59 Å². The van der Waals surface area contributed by atoms with E-state index in [1.54, 1.807) is 43.3 Å². The van der Waals surface area contributed by atoms with Crippen LogP contribution >= 0.6 is 0 Å². The molecule has 0 heterocycles. The first-order valence-electron chi connectivity index (χ1n) is 7.10. The molecule has 0 aliphatic rings. The Morgan fingerprint density at radius 1 is 1.05 bits per heavy atom. The van der Waals surface area contributed by atoms with Crippen molar-refractivity contribution >= 4 is 11.8 Å². The Morgan fingerprint density at radius 3 is 2.41 bits per heavy atom. The number of ketones is 1. The summed E-state index contributed by atoms with van der Waals surface area (Å²) in [4.78, 5) is 24.2. The normalized spacial score (nSPS) is 11.7. The maximum absolute atomic E-state index is 12.4. The van der Waals surface area contributed by atoms with E-state index in [1.165, 1.54) is 0 Å². The summed E-state index contributed by atoms with van der Waals surface area (Å²) in [5.74, 6) is -0.994. The molecule has 4 heteroatoms. The Bertz CT molecular complexity index is 649. The third kappa shape index (κ3) is 3.80. The molecule has 1 unspecified atom stereocenters. The molecule has 114 valence electrons. The Morgan fingerprint density at radius 2 is 1.73 bits per heavy atom. The molecule has 2 aromatic rings. The summed E-state index contributed by atoms with van der Waals surface area (Å²) in [5.41, 5.74) is 1.85. The van der Waals surface area contributed by atoms with Gasteiger partial charge >= 0.3 is 5.97 Å². The number of benzene rings is 2. The average Bonchev–Trinajstić information content (AvgIpc) is 2.59. The summed E-state index contributed by atoms with van der Waals surface area (Å²) >= 11 is 0. The number of carbonyl (C=O) groups is 2. The molecular weight excluding hydrogens is 280 g/mol. The highest BCUT2D eigenvalue weighted by molar-refractivity contribution is 6.09. The van der Waals surface area contributed by atoms with Crippen molar-refractivity contribution in [2.75, 3.05) is 13.2 Å². The second-order valence-electron chi connectivity index (χ2n) is 4.93. The van der Waals surface area contributed by atoms with Crippen LogP contribution in [-0.2, 0) is 9.53 Å². The van der Waals surface area contributed by atoms with Crippen molar-refractivity contribution in [1.29, 1.82) is 0 Å². The highest BCUT2D eigenvalue weighted by atomic mass is 16.5. The van der Waals surface area contributed by atoms with Crippen molar-refractivity contribution in [2.24, 2.45) is 0 Å². The predicted molar refractivity (Wildman–Crippen MR) is 82.8 cm³/mol. The van der Waals surface area contributed by atoms with Gasteiger partial charge in [0.25, 0.3) is 0 Å². The summed E-state index contributed by atoms with van der Waals surface area (Å²) < 4.78 is 4.92. The number of hydrogen-bond donors (Lipinski definition) is 1. The molecule has 0 fully saturated rings. The predicted octanol–water partition coefficient (Wildman–Crippen LogP) is 2.56. The van der Waals surface area contributed by atoms with Gasteiger partial charge in [-0.1, -0.05) is 48.5 Å². The van der Waals surface area contributed by atoms with Crippen molar-refractivity contribution in [3.8, 4) is 0 Å². The number of hydrogen-bond acceptors (Lipinski definition) is 4. The number of carbonyl (C=O) groups excluding carboxylic acids is 2. The van der Waals surface area contributed by atoms with Gasteiger partial charge in [0.15, 0.2) is 5.78 Å². The molecular formula is C18H18O4. The monoisotopic (exact) mass is 298 g/mol. The molecule has 0 aliphatic heterocycles. The van der Waals surface area contributed by atoms with E-state index in [1.807, 2.05) is 18.2 Å². The molecule has 2 aromatic carbocycles. The van der Waals surface area contributed by atoms with E-state index >= 15 is 0 Å². The number of aliphatic hydroxyl groups excluding tert-OH is 1. The minimum atomic E-state index is -0.491. The number of ether oxygens (including phenoxy) is 1. The van der Waals surface area contributed by atoms with Gasteiger partial charge in [-0.15, -0.1) is 0 Å². The third-order valence-electron chi connectivity index (χ3n) is 3.37. The minimum Gasteiger partial charge on any atom is -0.463 e. The first-order valence-corrected chi connectivity index (χ1v) is 7.10. The molecule has 0 spiro atoms. The Kier molecular flexibility index (Phi) is 5.44. The molecule has 0 bridgehead atoms. The molecule has 0 amide bonds. The molecule has 0 saturated carbocycles. The fourth-order valence-corrected chi connectivity index (χ4v) is 2.11. The van der Waals surface area contributed by atoms with Crippen LogP contribution in [0.5, 0.6) is 0 Å². The summed E-state index contributed by atoms with van der Waals surface area (Å²) in [6, 6.07) is 16.0. The lowest BCUT2D eigenvalue weighted by Gasteiger charge is -2.12. The summed E-state index contributed by atoms with van der Waals surface area (Å²) in [6.45, 7) is 1.49. The van der Waals surface area contributed by atoms with Gasteiger partial charge in [0.2, 0.25) is 0 Å². The topological polar surface area (TPSA) is 63.6 Å². The van der Waals surface area contributed by atoms with E-state index in [9.17, 15) is 9.59 Å². The van der Waals surface area contributed by atoms with E-state index in [2.05, 4.69) is 0 Å². The maximum atomic E-state index is 12.4. The second kappa shape index (κ2) is 7.52. The summed E-state index contributed by atoms with van der Waals surface area (Å²) in [7, 11) is 0. The third-order valence-corrected chi connectivity index (χ3v) is 3.37. The van der Waals surface area contributed by atoms with Crippen molar-refractivity contribution in [1.82, 2.24) is 0 Å². The van der Waals surface area contributed by atoms with Crippen LogP contribution in [0.2, 0.25) is 0 Å². The highest BCUT2D eigenvalue weighted by Gasteiger charge is 2.18. The molecule has 0 radical (unpaired) electrons. The molecule has 4 nitrogen and oxygen atoms in total. The number of rotatable bonds is 6. The van der Waals surface area contributed by atoms with Crippen molar-refractivity contribution in [3.63, 3.8) is 0 Å². The summed E-state index contributed by atoms with van der Waals surface area (Å²) in [5, 5.41) is 8.69. The van der Waals surface area contributed by atoms with Gasteiger partial charge in [-0.2, -0.15) is 0 Å². The fraction of sp³-hybridized carbons (Fsp3) is 0.222. The van der Waals surface area contributed by atoms with Crippen LogP contribution in [0.3, 0.4) is 0 Å². The zero-order chi connectivity index (χ0) is 15.9. The lowest BCUT2D eigenvalue weighted by molar-refractivity contribution is -0.146. The molecule has 1 N–H and O–H groups in total. The molecule has 0 aliphatic carbocycles. The van der Waals surface area contributed by atoms with Gasteiger partial charge < -0.3 is 9.84 Å². The highest BCUT2D eigenvalue weighted by Crippen LogP contribution is 2.20. The minimum absolute atomic E-state index is 0.0220. The zero-order valence-electron chi connectivity index (χ0n) is 12.4. The van der Waals surface area contributed by atoms with E-state index in [-0.39, 0.29) is 19.0 Å². The summed E-state index contributed by atoms with van der Waals surface area (Å²) in [6.07, 6.45) is 0. The quantitative estimate of drug-likeness (QED) is 0.657. The van der Waals surface area contributed by atoms with Crippen molar-refractivity contribution in [2.45, 2.75) is 12.8 Å². The van der Waals surface area contributed by atoms with Gasteiger partial charge in [-0.25, -0.2) is 0 Å². The van der Waals surface area contributed by atoms with E-state index < -0.39 is 11.9 Å². The molecule has 0 aromatic heterocycles. The van der Waals surface area contributed by atoms with Crippen molar-refractivity contribution < 1.29 is 19.4 Å². The van der Waals surface area contributed by atoms with Crippen LogP contribution in [0, 0.1) is 0 Å². The SMILES string of the molecule is CC(C(=O)OCCO)c1cccc(C(=O)c2ccccc2)c1. The Labute approximate surface area is 129 Å². The largest absolute Gasteiger partial charge is 0.463 e. The van der Waals surface area contributed by atoms with Crippen LogP contribution < -0.4 is 0 Å². The smallest absolute Gasteiger partial charge is 0.313 e. The van der Waals surface area contributed by atoms with Gasteiger partial charge in [0.05, 0.1) is 12.5 Å². The fourth-order valence-electron chi connectivity index (χ4n) is 2.11. The Hall–Kier alpha value is -2.46. The van der Waals surface area contributed by atoms with Gasteiger partial charge in [0, 0.05) is 11.1 Å². The van der Waals surface area contributed by atoms with Crippen LogP contribution in [0.1, 0.15) is 34.3 Å². The van der Waals surface area contributed by atoms with Gasteiger partial charge in [0.1, 0.15) is 6.61 Å². The van der Waals surface area contributed by atoms with Crippen LogP contribution in [-0.4, -0.2) is 30.1 Å². The lowest BCUT2D eigenvalue weighted by atomic mass is 9.96. The first kappa shape index (κ1) is 15.9. The maximum Gasteiger partial charge on any atom is 0.313 e. The van der Waals surface area contributed by atoms with E-state index in [0.29, 0.717) is 16.7 Å². The van der Waals surface area contributed by atoms with E-state index in [4.69, 9.17) is 9.84 Å². The molecule has 1 atom stereocenters. The van der Waals surface area contributed by atoms with Crippen molar-refractivity contribution in [3.05, 3.63) is 71.3 Å². The van der Waals surface area contributed by atoms with Gasteiger partial charge in [-0.05, 0) is 18.6 Å². The average molecular weight is 298 g/mol. The Balaban J connectivity index is 2.20. The standard InChI is InChI=1S/C18H18O4/c1-13(18(21)22-11-10-19)15-8-5-9-16(12-15)17(20)14-6-3-2-4-7-14/h2-9,12-13,19H,10-11H2,1H3. The zero-order valence-corrected chi connectivity index (χ0v) is 12.4. The molecule has 2 rings (SSSR count). The first-order chi connectivity index (χ1) is 10.6. The molecule has 22 heavy (non-hydrogen) atoms. The number of esters is 1. The van der Waals surface area contributed by atoms with E-state index in [0.717, 1.165) is 0 Å². The van der Waals surface area contributed by atoms with Crippen LogP contribution in [0.4, 0.5) is 0 Å². The molecule has 0 saturated heterocycles. The number of aliphatic hydroxyl groups is 1.